The van der Waals surface area contributed by atoms with E-state index in [0.717, 1.165) is 34.6 Å². The number of rotatable bonds is 7. The summed E-state index contributed by atoms with van der Waals surface area (Å²) < 4.78 is 1.88. The molecule has 0 fully saturated rings. The first-order valence-electron chi connectivity index (χ1n) is 9.90. The summed E-state index contributed by atoms with van der Waals surface area (Å²) in [6.45, 7) is 7.97. The molecular formula is C23H28N4O2. The van der Waals surface area contributed by atoms with Gasteiger partial charge in [0.2, 0.25) is 0 Å². The van der Waals surface area contributed by atoms with Gasteiger partial charge in [0.1, 0.15) is 0 Å². The quantitative estimate of drug-likeness (QED) is 0.644. The highest BCUT2D eigenvalue weighted by Gasteiger charge is 2.15. The first-order chi connectivity index (χ1) is 13.9. The summed E-state index contributed by atoms with van der Waals surface area (Å²) in [5, 5.41) is 16.6. The number of carbonyl (C=O) groups is 1. The number of aliphatic hydroxyl groups excluding tert-OH is 1. The number of aryl methyl sites for hydroxylation is 1. The van der Waals surface area contributed by atoms with E-state index in [1.807, 2.05) is 54.2 Å². The Morgan fingerprint density at radius 2 is 1.97 bits per heavy atom. The van der Waals surface area contributed by atoms with Gasteiger partial charge in [0, 0.05) is 35.3 Å². The predicted octanol–water partition coefficient (Wildman–Crippen LogP) is 3.55. The zero-order chi connectivity index (χ0) is 21.0. The number of benzene rings is 1. The predicted molar refractivity (Wildman–Crippen MR) is 114 cm³/mol. The third-order valence-electron chi connectivity index (χ3n) is 4.62. The van der Waals surface area contributed by atoms with Gasteiger partial charge in [0.05, 0.1) is 18.0 Å². The lowest BCUT2D eigenvalue weighted by Gasteiger charge is -2.15. The van der Waals surface area contributed by atoms with Gasteiger partial charge in [-0.15, -0.1) is 0 Å². The molecule has 1 aromatic carbocycles. The molecule has 29 heavy (non-hydrogen) atoms. The van der Waals surface area contributed by atoms with Gasteiger partial charge in [0.15, 0.2) is 0 Å². The van der Waals surface area contributed by atoms with Gasteiger partial charge in [-0.05, 0) is 62.1 Å². The maximum Gasteiger partial charge on any atom is 0.251 e. The van der Waals surface area contributed by atoms with Crippen molar-refractivity contribution in [3.8, 4) is 16.9 Å². The van der Waals surface area contributed by atoms with Crippen molar-refractivity contribution < 1.29 is 9.90 Å². The van der Waals surface area contributed by atoms with Crippen molar-refractivity contribution in [2.24, 2.45) is 5.92 Å². The van der Waals surface area contributed by atoms with E-state index in [1.54, 1.807) is 13.1 Å². The van der Waals surface area contributed by atoms with Crippen LogP contribution in [0.3, 0.4) is 0 Å². The third-order valence-corrected chi connectivity index (χ3v) is 4.62. The fourth-order valence-electron chi connectivity index (χ4n) is 3.14. The van der Waals surface area contributed by atoms with E-state index in [1.165, 1.54) is 0 Å². The molecule has 0 spiro atoms. The van der Waals surface area contributed by atoms with Gasteiger partial charge < -0.3 is 10.4 Å². The van der Waals surface area contributed by atoms with Crippen LogP contribution >= 0.6 is 0 Å². The largest absolute Gasteiger partial charge is 0.394 e. The van der Waals surface area contributed by atoms with Crippen LogP contribution in [-0.4, -0.2) is 38.4 Å². The average Bonchev–Trinajstić information content (AvgIpc) is 3.15. The van der Waals surface area contributed by atoms with Crippen molar-refractivity contribution in [3.05, 3.63) is 65.6 Å². The normalized spacial score (nSPS) is 12.2. The van der Waals surface area contributed by atoms with Crippen molar-refractivity contribution in [2.45, 2.75) is 40.2 Å². The number of aliphatic hydroxyl groups is 1. The number of carbonyl (C=O) groups excluding carboxylic acids is 1. The molecule has 0 saturated carbocycles. The van der Waals surface area contributed by atoms with E-state index in [-0.39, 0.29) is 18.6 Å². The number of nitrogens with one attached hydrogen (secondary N) is 1. The molecule has 6 heteroatoms. The molecule has 2 heterocycles. The van der Waals surface area contributed by atoms with Crippen LogP contribution in [0.1, 0.15) is 42.4 Å². The maximum absolute atomic E-state index is 12.8. The molecule has 2 N–H and O–H groups in total. The lowest BCUT2D eigenvalue weighted by atomic mass is 10.0. The molecule has 0 unspecified atom stereocenters. The Bertz CT molecular complexity index is 977. The number of pyridine rings is 1. The van der Waals surface area contributed by atoms with Crippen LogP contribution in [0.4, 0.5) is 0 Å². The second-order valence-corrected chi connectivity index (χ2v) is 7.88. The van der Waals surface area contributed by atoms with Crippen molar-refractivity contribution in [2.75, 3.05) is 6.61 Å². The SMILES string of the molecule is Cc1ccc(-c2cc(C(=O)N[C@@H](C)CO)cc(-n3nccc3CC(C)C)c2)nc1. The monoisotopic (exact) mass is 392 g/mol. The van der Waals surface area contributed by atoms with Crippen LogP contribution in [0.2, 0.25) is 0 Å². The molecule has 2 aromatic heterocycles. The van der Waals surface area contributed by atoms with Crippen LogP contribution in [0.5, 0.6) is 0 Å². The van der Waals surface area contributed by atoms with Crippen LogP contribution in [0.15, 0.2) is 48.8 Å². The summed E-state index contributed by atoms with van der Waals surface area (Å²) in [6.07, 6.45) is 4.48. The molecule has 0 saturated heterocycles. The molecule has 0 radical (unpaired) electrons. The number of hydrogen-bond acceptors (Lipinski definition) is 4. The Balaban J connectivity index is 2.09. The number of hydrogen-bond donors (Lipinski definition) is 2. The second-order valence-electron chi connectivity index (χ2n) is 7.88. The summed E-state index contributed by atoms with van der Waals surface area (Å²) in [5.41, 5.74) is 5.11. The summed E-state index contributed by atoms with van der Waals surface area (Å²) >= 11 is 0. The Morgan fingerprint density at radius 1 is 1.17 bits per heavy atom. The van der Waals surface area contributed by atoms with E-state index in [2.05, 4.69) is 29.2 Å². The minimum absolute atomic E-state index is 0.116. The minimum Gasteiger partial charge on any atom is -0.394 e. The van der Waals surface area contributed by atoms with E-state index in [9.17, 15) is 9.90 Å². The van der Waals surface area contributed by atoms with Crippen molar-refractivity contribution in [1.29, 1.82) is 0 Å². The first kappa shape index (κ1) is 20.7. The molecule has 6 nitrogen and oxygen atoms in total. The third kappa shape index (κ3) is 5.09. The number of nitrogens with zero attached hydrogens (tertiary/aromatic N) is 3. The average molecular weight is 393 g/mol. The zero-order valence-corrected chi connectivity index (χ0v) is 17.4. The lowest BCUT2D eigenvalue weighted by Crippen LogP contribution is -2.35. The van der Waals surface area contributed by atoms with E-state index in [0.29, 0.717) is 11.5 Å². The second kappa shape index (κ2) is 9.01. The molecule has 1 atom stereocenters. The topological polar surface area (TPSA) is 80.0 Å². The molecule has 0 bridgehead atoms. The highest BCUT2D eigenvalue weighted by Crippen LogP contribution is 2.24. The Hall–Kier alpha value is -2.99. The van der Waals surface area contributed by atoms with Gasteiger partial charge in [0.25, 0.3) is 5.91 Å². The molecule has 3 aromatic rings. The van der Waals surface area contributed by atoms with E-state index in [4.69, 9.17) is 0 Å². The highest BCUT2D eigenvalue weighted by atomic mass is 16.3. The fraction of sp³-hybridized carbons (Fsp3) is 0.348. The summed E-state index contributed by atoms with van der Waals surface area (Å²) in [6, 6.07) is 11.3. The van der Waals surface area contributed by atoms with Gasteiger partial charge in [-0.1, -0.05) is 19.9 Å². The van der Waals surface area contributed by atoms with Crippen molar-refractivity contribution in [1.82, 2.24) is 20.1 Å². The van der Waals surface area contributed by atoms with Crippen LogP contribution in [0.25, 0.3) is 16.9 Å². The Kier molecular flexibility index (Phi) is 6.44. The van der Waals surface area contributed by atoms with Crippen LogP contribution < -0.4 is 5.32 Å². The Labute approximate surface area is 171 Å². The summed E-state index contributed by atoms with van der Waals surface area (Å²) in [7, 11) is 0. The van der Waals surface area contributed by atoms with E-state index < -0.39 is 0 Å². The van der Waals surface area contributed by atoms with E-state index >= 15 is 0 Å². The van der Waals surface area contributed by atoms with Crippen molar-refractivity contribution in [3.63, 3.8) is 0 Å². The molecule has 0 aliphatic carbocycles. The van der Waals surface area contributed by atoms with Gasteiger partial charge in [-0.3, -0.25) is 9.78 Å². The maximum atomic E-state index is 12.8. The van der Waals surface area contributed by atoms with Crippen molar-refractivity contribution >= 4 is 5.91 Å². The van der Waals surface area contributed by atoms with Gasteiger partial charge in [-0.25, -0.2) is 4.68 Å². The van der Waals surface area contributed by atoms with Crippen LogP contribution in [-0.2, 0) is 6.42 Å². The van der Waals surface area contributed by atoms with Crippen LogP contribution in [0, 0.1) is 12.8 Å². The van der Waals surface area contributed by atoms with Gasteiger partial charge in [-0.2, -0.15) is 5.10 Å². The molecule has 1 amide bonds. The fourth-order valence-corrected chi connectivity index (χ4v) is 3.14. The molecule has 0 aliphatic heterocycles. The standard InChI is InChI=1S/C23H28N4O2/c1-15(2)9-20-7-8-25-27(20)21-11-18(22-6-5-16(3)13-24-22)10-19(12-21)23(29)26-17(4)14-28/h5-8,10-13,15,17,28H,9,14H2,1-4H3,(H,26,29)/t17-/m0/s1. The molecule has 0 aliphatic rings. The first-order valence-corrected chi connectivity index (χ1v) is 9.90. The summed E-state index contributed by atoms with van der Waals surface area (Å²) in [5.74, 6) is 0.250. The highest BCUT2D eigenvalue weighted by molar-refractivity contribution is 5.96. The zero-order valence-electron chi connectivity index (χ0n) is 17.4. The van der Waals surface area contributed by atoms with Gasteiger partial charge >= 0.3 is 0 Å². The Morgan fingerprint density at radius 3 is 2.62 bits per heavy atom. The molecule has 3 rings (SSSR count). The lowest BCUT2D eigenvalue weighted by molar-refractivity contribution is 0.0922. The number of amides is 1. The summed E-state index contributed by atoms with van der Waals surface area (Å²) in [4.78, 5) is 17.3. The smallest absolute Gasteiger partial charge is 0.251 e. The number of aromatic nitrogens is 3. The molecular weight excluding hydrogens is 364 g/mol. The molecule has 152 valence electrons. The minimum atomic E-state index is -0.326.